The Morgan fingerprint density at radius 1 is 0.938 bits per heavy atom. The molecule has 0 radical (unpaired) electrons. The molecule has 0 amide bonds. The Morgan fingerprint density at radius 3 is 1.75 bits per heavy atom. The topological polar surface area (TPSA) is 123 Å². The van der Waals surface area contributed by atoms with E-state index in [1.165, 1.54) is 24.3 Å². The fourth-order valence-electron chi connectivity index (χ4n) is 1.10. The van der Waals surface area contributed by atoms with Crippen molar-refractivity contribution in [1.29, 1.82) is 0 Å². The van der Waals surface area contributed by atoms with Crippen molar-refractivity contribution in [2.45, 2.75) is 0 Å². The van der Waals surface area contributed by atoms with E-state index in [0.29, 0.717) is 0 Å². The molecule has 1 rings (SSSR count). The molecule has 4 N–H and O–H groups in total. The summed E-state index contributed by atoms with van der Waals surface area (Å²) in [4.78, 5) is 32.6. The van der Waals surface area contributed by atoms with Crippen LogP contribution in [0.1, 0.15) is 10.4 Å². The number of carbonyl (C=O) groups excluding carboxylic acids is 1. The molecule has 16 heavy (non-hydrogen) atoms. The summed E-state index contributed by atoms with van der Waals surface area (Å²) in [5.41, 5.74) is 0.0762. The van der Waals surface area contributed by atoms with Gasteiger partial charge >= 0.3 is 11.9 Å². The lowest BCUT2D eigenvalue weighted by Gasteiger charge is -2.05. The summed E-state index contributed by atoms with van der Waals surface area (Å²) in [7, 11) is 0. The van der Waals surface area contributed by atoms with Crippen molar-refractivity contribution in [3.05, 3.63) is 35.9 Å². The van der Waals surface area contributed by atoms with E-state index >= 15 is 0 Å². The highest BCUT2D eigenvalue weighted by atomic mass is 16.4. The van der Waals surface area contributed by atoms with Crippen molar-refractivity contribution in [2.24, 2.45) is 5.92 Å². The van der Waals surface area contributed by atoms with Crippen LogP contribution in [0, 0.1) is 5.92 Å². The third kappa shape index (κ3) is 2.89. The lowest BCUT2D eigenvalue weighted by atomic mass is 9.98. The Balaban J connectivity index is 0.00000225. The zero-order valence-electron chi connectivity index (χ0n) is 8.08. The van der Waals surface area contributed by atoms with Crippen LogP contribution in [-0.2, 0) is 9.59 Å². The predicted octanol–water partition coefficient (Wildman–Crippen LogP) is -0.170. The Labute approximate surface area is 90.4 Å². The molecule has 0 bridgehead atoms. The van der Waals surface area contributed by atoms with Crippen LogP contribution in [0.15, 0.2) is 30.3 Å². The molecule has 0 spiro atoms. The second-order valence-electron chi connectivity index (χ2n) is 2.84. The van der Waals surface area contributed by atoms with Crippen molar-refractivity contribution in [1.82, 2.24) is 0 Å². The molecular weight excluding hydrogens is 216 g/mol. The number of rotatable bonds is 4. The molecule has 1 aromatic carbocycles. The summed E-state index contributed by atoms with van der Waals surface area (Å²) in [6, 6.07) is 7.47. The Hall–Kier alpha value is -2.21. The van der Waals surface area contributed by atoms with Crippen LogP contribution in [0.3, 0.4) is 0 Å². The number of carboxylic acid groups (broad SMARTS) is 2. The average Bonchev–Trinajstić information content (AvgIpc) is 2.18. The SMILES string of the molecule is O.O=C(O)C(C(=O)O)C(=O)c1ccccc1. The quantitative estimate of drug-likeness (QED) is 0.544. The number of benzene rings is 1. The number of ketones is 1. The van der Waals surface area contributed by atoms with Crippen molar-refractivity contribution in [3.8, 4) is 0 Å². The molecule has 0 aliphatic rings. The highest BCUT2D eigenvalue weighted by Gasteiger charge is 2.34. The van der Waals surface area contributed by atoms with Gasteiger partial charge in [-0.2, -0.15) is 0 Å². The van der Waals surface area contributed by atoms with Crippen LogP contribution >= 0.6 is 0 Å². The highest BCUT2D eigenvalue weighted by molar-refractivity contribution is 6.19. The standard InChI is InChI=1S/C10H8O5.H2O/c11-8(6-4-2-1-3-5-6)7(9(12)13)10(14)15;/h1-5,7H,(H,12,13)(H,14,15);1H2. The summed E-state index contributed by atoms with van der Waals surface area (Å²) in [6.07, 6.45) is 0. The molecule has 0 aliphatic heterocycles. The van der Waals surface area contributed by atoms with Gasteiger partial charge in [-0.25, -0.2) is 0 Å². The van der Waals surface area contributed by atoms with Crippen molar-refractivity contribution in [3.63, 3.8) is 0 Å². The van der Waals surface area contributed by atoms with E-state index in [-0.39, 0.29) is 11.0 Å². The van der Waals surface area contributed by atoms with Crippen molar-refractivity contribution >= 4 is 17.7 Å². The summed E-state index contributed by atoms with van der Waals surface area (Å²) in [6.45, 7) is 0. The van der Waals surface area contributed by atoms with Gasteiger partial charge in [-0.05, 0) is 0 Å². The molecule has 0 aliphatic carbocycles. The minimum atomic E-state index is -2.03. The summed E-state index contributed by atoms with van der Waals surface area (Å²) >= 11 is 0. The molecule has 6 heteroatoms. The zero-order chi connectivity index (χ0) is 11.4. The fraction of sp³-hybridized carbons (Fsp3) is 0.100. The first kappa shape index (κ1) is 13.8. The normalized spacial score (nSPS) is 9.31. The molecule has 86 valence electrons. The Morgan fingerprint density at radius 2 is 1.38 bits per heavy atom. The maximum absolute atomic E-state index is 11.5. The zero-order valence-corrected chi connectivity index (χ0v) is 8.08. The smallest absolute Gasteiger partial charge is 0.325 e. The number of carbonyl (C=O) groups is 3. The highest BCUT2D eigenvalue weighted by Crippen LogP contribution is 2.09. The van der Waals surface area contributed by atoms with Crippen LogP contribution in [0.25, 0.3) is 0 Å². The van der Waals surface area contributed by atoms with Gasteiger partial charge in [0.05, 0.1) is 0 Å². The van der Waals surface area contributed by atoms with Gasteiger partial charge in [0, 0.05) is 5.56 Å². The van der Waals surface area contributed by atoms with E-state index in [9.17, 15) is 14.4 Å². The van der Waals surface area contributed by atoms with Gasteiger partial charge in [-0.1, -0.05) is 30.3 Å². The summed E-state index contributed by atoms with van der Waals surface area (Å²) < 4.78 is 0. The predicted molar refractivity (Wildman–Crippen MR) is 53.1 cm³/mol. The monoisotopic (exact) mass is 226 g/mol. The lowest BCUT2D eigenvalue weighted by molar-refractivity contribution is -0.151. The van der Waals surface area contributed by atoms with Crippen molar-refractivity contribution < 1.29 is 30.1 Å². The van der Waals surface area contributed by atoms with Crippen LogP contribution in [0.5, 0.6) is 0 Å². The second kappa shape index (κ2) is 5.62. The van der Waals surface area contributed by atoms with Gasteiger partial charge in [0.2, 0.25) is 5.92 Å². The largest absolute Gasteiger partial charge is 0.480 e. The maximum Gasteiger partial charge on any atom is 0.325 e. The first-order chi connectivity index (χ1) is 7.04. The average molecular weight is 226 g/mol. The number of carboxylic acids is 2. The Bertz CT molecular complexity index is 383. The van der Waals surface area contributed by atoms with E-state index in [4.69, 9.17) is 10.2 Å². The molecule has 0 heterocycles. The molecule has 0 saturated heterocycles. The third-order valence-electron chi connectivity index (χ3n) is 1.81. The first-order valence-electron chi connectivity index (χ1n) is 4.09. The van der Waals surface area contributed by atoms with E-state index in [1.54, 1.807) is 6.07 Å². The molecule has 0 aromatic heterocycles. The van der Waals surface area contributed by atoms with E-state index in [2.05, 4.69) is 0 Å². The van der Waals surface area contributed by atoms with E-state index < -0.39 is 23.6 Å². The van der Waals surface area contributed by atoms with Gasteiger partial charge in [-0.15, -0.1) is 0 Å². The molecule has 0 unspecified atom stereocenters. The summed E-state index contributed by atoms with van der Waals surface area (Å²) in [5.74, 6) is -6.27. The molecular formula is C10H10O6. The second-order valence-corrected chi connectivity index (χ2v) is 2.84. The van der Waals surface area contributed by atoms with Crippen LogP contribution in [-0.4, -0.2) is 33.4 Å². The fourth-order valence-corrected chi connectivity index (χ4v) is 1.10. The van der Waals surface area contributed by atoms with E-state index in [1.807, 2.05) is 0 Å². The van der Waals surface area contributed by atoms with Crippen LogP contribution < -0.4 is 0 Å². The number of aliphatic carboxylic acids is 2. The van der Waals surface area contributed by atoms with Gasteiger partial charge in [0.25, 0.3) is 0 Å². The number of hydrogen-bond donors (Lipinski definition) is 2. The maximum atomic E-state index is 11.5. The molecule has 6 nitrogen and oxygen atoms in total. The molecule has 0 saturated carbocycles. The Kier molecular flexibility index (Phi) is 4.84. The summed E-state index contributed by atoms with van der Waals surface area (Å²) in [5, 5.41) is 17.1. The minimum Gasteiger partial charge on any atom is -0.480 e. The molecule has 0 fully saturated rings. The number of Topliss-reactive ketones (excluding diaryl/α,β-unsaturated/α-hetero) is 1. The van der Waals surface area contributed by atoms with Gasteiger partial charge < -0.3 is 15.7 Å². The van der Waals surface area contributed by atoms with Gasteiger partial charge in [0.1, 0.15) is 0 Å². The van der Waals surface area contributed by atoms with Crippen LogP contribution in [0.4, 0.5) is 0 Å². The third-order valence-corrected chi connectivity index (χ3v) is 1.81. The first-order valence-corrected chi connectivity index (χ1v) is 4.09. The van der Waals surface area contributed by atoms with Gasteiger partial charge in [-0.3, -0.25) is 14.4 Å². The van der Waals surface area contributed by atoms with Gasteiger partial charge in [0.15, 0.2) is 5.78 Å². The molecule has 0 atom stereocenters. The minimum absolute atomic E-state index is 0. The van der Waals surface area contributed by atoms with E-state index in [0.717, 1.165) is 0 Å². The van der Waals surface area contributed by atoms with Crippen molar-refractivity contribution in [2.75, 3.05) is 0 Å². The van der Waals surface area contributed by atoms with Crippen LogP contribution in [0.2, 0.25) is 0 Å². The number of hydrogen-bond acceptors (Lipinski definition) is 3. The molecule has 1 aromatic rings. The lowest BCUT2D eigenvalue weighted by Crippen LogP contribution is -2.31.